The zero-order valence-corrected chi connectivity index (χ0v) is 16.5. The van der Waals surface area contributed by atoms with E-state index in [1.165, 1.54) is 23.9 Å². The molecule has 2 aromatic heterocycles. The number of nitrogens with one attached hydrogen (secondary N) is 1. The van der Waals surface area contributed by atoms with Gasteiger partial charge in [0.2, 0.25) is 5.91 Å². The van der Waals surface area contributed by atoms with Crippen LogP contribution in [0.5, 0.6) is 0 Å². The Bertz CT molecular complexity index is 1220. The molecule has 6 nitrogen and oxygen atoms in total. The number of fused-ring (bicyclic) bond motifs is 3. The average molecular weight is 407 g/mol. The van der Waals surface area contributed by atoms with Crippen LogP contribution in [0.3, 0.4) is 0 Å². The van der Waals surface area contributed by atoms with Crippen molar-refractivity contribution < 1.29 is 9.18 Å². The molecule has 29 heavy (non-hydrogen) atoms. The van der Waals surface area contributed by atoms with Crippen LogP contribution in [0.2, 0.25) is 0 Å². The number of para-hydroxylation sites is 1. The minimum atomic E-state index is -0.572. The third kappa shape index (κ3) is 3.55. The minimum Gasteiger partial charge on any atom is -0.352 e. The molecule has 2 aromatic carbocycles. The molecule has 4 aromatic rings. The van der Waals surface area contributed by atoms with E-state index in [-0.39, 0.29) is 17.8 Å². The first-order valence-corrected chi connectivity index (χ1v) is 10.3. The number of hydrogen-bond donors (Lipinski definition) is 1. The number of benzene rings is 2. The largest absolute Gasteiger partial charge is 0.352 e. The van der Waals surface area contributed by atoms with Crippen molar-refractivity contribution in [3.8, 4) is 0 Å². The van der Waals surface area contributed by atoms with Gasteiger partial charge in [-0.05, 0) is 49.6 Å². The zero-order chi connectivity index (χ0) is 20.0. The molecule has 1 aliphatic carbocycles. The van der Waals surface area contributed by atoms with Crippen molar-refractivity contribution in [3.63, 3.8) is 0 Å². The predicted octanol–water partition coefficient (Wildman–Crippen LogP) is 3.84. The molecular formula is C21H18FN5OS. The summed E-state index contributed by atoms with van der Waals surface area (Å²) in [4.78, 5) is 22.3. The first-order chi connectivity index (χ1) is 14.1. The Balaban J connectivity index is 1.60. The van der Waals surface area contributed by atoms with Gasteiger partial charge < -0.3 is 5.32 Å². The number of aromatic nitrogens is 4. The van der Waals surface area contributed by atoms with Gasteiger partial charge in [0, 0.05) is 11.4 Å². The number of carbonyl (C=O) groups is 1. The fourth-order valence-electron chi connectivity index (χ4n) is 3.23. The number of hydrogen-bond acceptors (Lipinski definition) is 5. The monoisotopic (exact) mass is 407 g/mol. The van der Waals surface area contributed by atoms with Crippen LogP contribution in [0.15, 0.2) is 53.7 Å². The van der Waals surface area contributed by atoms with E-state index in [0.29, 0.717) is 16.6 Å². The third-order valence-electron chi connectivity index (χ3n) is 4.81. The lowest BCUT2D eigenvalue weighted by atomic mass is 10.1. The van der Waals surface area contributed by atoms with Gasteiger partial charge in [-0.15, -0.1) is 5.10 Å². The molecule has 146 valence electrons. The quantitative estimate of drug-likeness (QED) is 0.402. The maximum atomic E-state index is 13.4. The summed E-state index contributed by atoms with van der Waals surface area (Å²) < 4.78 is 15.1. The third-order valence-corrected chi connectivity index (χ3v) is 6.01. The number of halogens is 1. The first-order valence-electron chi connectivity index (χ1n) is 9.43. The van der Waals surface area contributed by atoms with E-state index in [4.69, 9.17) is 4.98 Å². The maximum Gasteiger partial charge on any atom is 0.238 e. The second kappa shape index (κ2) is 7.11. The van der Waals surface area contributed by atoms with Crippen LogP contribution in [0, 0.1) is 12.7 Å². The summed E-state index contributed by atoms with van der Waals surface area (Å²) in [5, 5.41) is 8.44. The van der Waals surface area contributed by atoms with E-state index in [2.05, 4.69) is 15.4 Å². The van der Waals surface area contributed by atoms with Gasteiger partial charge in [0.15, 0.2) is 10.8 Å². The Labute approximate surface area is 170 Å². The Morgan fingerprint density at radius 2 is 1.93 bits per heavy atom. The number of thioether (sulfide) groups is 1. The summed E-state index contributed by atoms with van der Waals surface area (Å²) in [6, 6.07) is 14.0. The highest BCUT2D eigenvalue weighted by Crippen LogP contribution is 2.36. The Morgan fingerprint density at radius 1 is 1.17 bits per heavy atom. The maximum absolute atomic E-state index is 13.4. The van der Waals surface area contributed by atoms with Crippen molar-refractivity contribution in [2.45, 2.75) is 36.2 Å². The minimum absolute atomic E-state index is 0.107. The summed E-state index contributed by atoms with van der Waals surface area (Å²) >= 11 is 1.30. The van der Waals surface area contributed by atoms with Crippen LogP contribution in [-0.2, 0) is 4.79 Å². The average Bonchev–Trinajstić information content (AvgIpc) is 3.44. The highest BCUT2D eigenvalue weighted by molar-refractivity contribution is 8.00. The van der Waals surface area contributed by atoms with Crippen molar-refractivity contribution >= 4 is 34.2 Å². The molecule has 0 bridgehead atoms. The molecule has 1 amide bonds. The molecule has 0 spiro atoms. The zero-order valence-electron chi connectivity index (χ0n) is 15.7. The summed E-state index contributed by atoms with van der Waals surface area (Å²) in [5.41, 5.74) is 2.21. The molecule has 1 aliphatic rings. The topological polar surface area (TPSA) is 72.2 Å². The van der Waals surface area contributed by atoms with Gasteiger partial charge in [-0.25, -0.2) is 14.4 Å². The summed E-state index contributed by atoms with van der Waals surface area (Å²) in [5.74, 6) is 0.188. The molecule has 2 heterocycles. The number of aryl methyl sites for hydroxylation is 1. The fraction of sp³-hybridized carbons (Fsp3) is 0.238. The first kappa shape index (κ1) is 18.1. The molecule has 5 rings (SSSR count). The standard InChI is InChI=1S/C21H18FN5OS/c1-12-23-19-16-4-2-3-5-17(16)25-21(27(19)26-12)29-18(20(28)24-15-10-11-15)13-6-8-14(22)9-7-13/h2-9,15,18H,10-11H2,1H3,(H,24,28). The molecular weight excluding hydrogens is 389 g/mol. The molecule has 1 N–H and O–H groups in total. The fourth-order valence-corrected chi connectivity index (χ4v) is 4.29. The molecule has 0 radical (unpaired) electrons. The number of amides is 1. The van der Waals surface area contributed by atoms with Crippen LogP contribution in [0.4, 0.5) is 4.39 Å². The SMILES string of the molecule is Cc1nc2c3ccccc3nc(SC(C(=O)NC3CC3)c3ccc(F)cc3)n2n1. The highest BCUT2D eigenvalue weighted by Gasteiger charge is 2.30. The Kier molecular flexibility index (Phi) is 4.43. The van der Waals surface area contributed by atoms with E-state index in [0.717, 1.165) is 29.3 Å². The van der Waals surface area contributed by atoms with Crippen LogP contribution in [-0.4, -0.2) is 31.5 Å². The molecule has 0 aliphatic heterocycles. The van der Waals surface area contributed by atoms with Crippen molar-refractivity contribution in [1.29, 1.82) is 0 Å². The second-order valence-electron chi connectivity index (χ2n) is 7.14. The normalized spacial score (nSPS) is 15.0. The Hall–Kier alpha value is -3.00. The van der Waals surface area contributed by atoms with E-state index in [9.17, 15) is 9.18 Å². The van der Waals surface area contributed by atoms with Crippen molar-refractivity contribution in [1.82, 2.24) is 24.9 Å². The number of carbonyl (C=O) groups excluding carboxylic acids is 1. The molecule has 1 fully saturated rings. The Morgan fingerprint density at radius 3 is 2.69 bits per heavy atom. The summed E-state index contributed by atoms with van der Waals surface area (Å²) in [6.45, 7) is 1.83. The van der Waals surface area contributed by atoms with Crippen LogP contribution < -0.4 is 5.32 Å². The van der Waals surface area contributed by atoms with Crippen LogP contribution in [0.1, 0.15) is 29.5 Å². The lowest BCUT2D eigenvalue weighted by Crippen LogP contribution is -2.30. The van der Waals surface area contributed by atoms with Crippen LogP contribution in [0.25, 0.3) is 16.6 Å². The van der Waals surface area contributed by atoms with Crippen LogP contribution >= 0.6 is 11.8 Å². The van der Waals surface area contributed by atoms with E-state index < -0.39 is 5.25 Å². The van der Waals surface area contributed by atoms with Gasteiger partial charge in [-0.1, -0.05) is 36.0 Å². The lowest BCUT2D eigenvalue weighted by Gasteiger charge is -2.17. The van der Waals surface area contributed by atoms with E-state index in [1.54, 1.807) is 16.6 Å². The molecule has 1 unspecified atom stereocenters. The molecule has 0 saturated heterocycles. The summed E-state index contributed by atoms with van der Waals surface area (Å²) in [7, 11) is 0. The van der Waals surface area contributed by atoms with Gasteiger partial charge in [-0.2, -0.15) is 4.52 Å². The van der Waals surface area contributed by atoms with Crippen molar-refractivity contribution in [3.05, 3.63) is 65.7 Å². The van der Waals surface area contributed by atoms with Gasteiger partial charge in [-0.3, -0.25) is 4.79 Å². The van der Waals surface area contributed by atoms with Gasteiger partial charge in [0.1, 0.15) is 16.9 Å². The van der Waals surface area contributed by atoms with Gasteiger partial charge in [0.05, 0.1) is 5.52 Å². The molecule has 1 saturated carbocycles. The van der Waals surface area contributed by atoms with Crippen molar-refractivity contribution in [2.24, 2.45) is 0 Å². The van der Waals surface area contributed by atoms with E-state index in [1.807, 2.05) is 31.2 Å². The lowest BCUT2D eigenvalue weighted by molar-refractivity contribution is -0.120. The summed E-state index contributed by atoms with van der Waals surface area (Å²) in [6.07, 6.45) is 1.99. The second-order valence-corrected chi connectivity index (χ2v) is 8.21. The predicted molar refractivity (Wildman–Crippen MR) is 109 cm³/mol. The van der Waals surface area contributed by atoms with Gasteiger partial charge >= 0.3 is 0 Å². The van der Waals surface area contributed by atoms with Crippen molar-refractivity contribution in [2.75, 3.05) is 0 Å². The van der Waals surface area contributed by atoms with Gasteiger partial charge in [0.25, 0.3) is 0 Å². The number of rotatable bonds is 5. The molecule has 1 atom stereocenters. The number of nitrogens with zero attached hydrogens (tertiary/aromatic N) is 4. The highest BCUT2D eigenvalue weighted by atomic mass is 32.2. The smallest absolute Gasteiger partial charge is 0.238 e. The van der Waals surface area contributed by atoms with E-state index >= 15 is 0 Å². The molecule has 8 heteroatoms.